The van der Waals surface area contributed by atoms with E-state index in [1.807, 2.05) is 72.3 Å². The predicted molar refractivity (Wildman–Crippen MR) is 170 cm³/mol. The summed E-state index contributed by atoms with van der Waals surface area (Å²) in [5.41, 5.74) is 4.61. The van der Waals surface area contributed by atoms with Crippen molar-refractivity contribution in [1.82, 2.24) is 24.6 Å². The van der Waals surface area contributed by atoms with Crippen molar-refractivity contribution in [2.45, 2.75) is 44.2 Å². The number of amides is 3. The number of methoxy groups -OCH3 is 1. The smallest absolute Gasteiger partial charge is 0.256 e. The van der Waals surface area contributed by atoms with Crippen molar-refractivity contribution in [3.05, 3.63) is 101 Å². The zero-order valence-electron chi connectivity index (χ0n) is 25.8. The highest BCUT2D eigenvalue weighted by Gasteiger charge is 2.41. The summed E-state index contributed by atoms with van der Waals surface area (Å²) >= 11 is 0. The lowest BCUT2D eigenvalue weighted by Gasteiger charge is -2.30. The highest BCUT2D eigenvalue weighted by molar-refractivity contribution is 6.08. The first-order valence-corrected chi connectivity index (χ1v) is 15.2. The number of aliphatic hydroxyl groups excluding tert-OH is 1. The number of carbonyl (C=O) groups excluding carboxylic acids is 3. The van der Waals surface area contributed by atoms with Gasteiger partial charge in [0.2, 0.25) is 11.8 Å². The van der Waals surface area contributed by atoms with Gasteiger partial charge in [0.25, 0.3) is 5.91 Å². The van der Waals surface area contributed by atoms with Gasteiger partial charge in [-0.15, -0.1) is 0 Å². The summed E-state index contributed by atoms with van der Waals surface area (Å²) in [5.74, 6) is -0.360. The molecule has 1 saturated heterocycles. The molecule has 2 aliphatic rings. The molecule has 0 aliphatic carbocycles. The summed E-state index contributed by atoms with van der Waals surface area (Å²) in [4.78, 5) is 47.0. The average molecular weight is 610 g/mol. The molecule has 6 rings (SSSR count). The molecule has 1 fully saturated rings. The van der Waals surface area contributed by atoms with E-state index < -0.39 is 24.1 Å². The van der Waals surface area contributed by atoms with Crippen molar-refractivity contribution >= 4 is 28.6 Å². The molecule has 1 aromatic heterocycles. The molecule has 0 radical (unpaired) electrons. The van der Waals surface area contributed by atoms with Crippen LogP contribution in [0.15, 0.2) is 79.0 Å². The molecule has 3 atom stereocenters. The van der Waals surface area contributed by atoms with Gasteiger partial charge >= 0.3 is 0 Å². The molecular formula is C35H39N5O5. The molecule has 234 valence electrons. The van der Waals surface area contributed by atoms with E-state index in [4.69, 9.17) is 4.74 Å². The number of likely N-dealkylation sites (tertiary alicyclic amines) is 1. The fraction of sp³-hybridized carbons (Fsp3) is 0.343. The van der Waals surface area contributed by atoms with Gasteiger partial charge in [-0.2, -0.15) is 0 Å². The zero-order valence-corrected chi connectivity index (χ0v) is 25.8. The number of hydrogen-bond donors (Lipinski definition) is 2. The van der Waals surface area contributed by atoms with E-state index in [1.54, 1.807) is 25.3 Å². The van der Waals surface area contributed by atoms with Crippen LogP contribution in [0, 0.1) is 0 Å². The second-order valence-electron chi connectivity index (χ2n) is 12.0. The molecule has 2 aliphatic heterocycles. The highest BCUT2D eigenvalue weighted by atomic mass is 16.5. The number of aromatic nitrogens is 1. The Hall–Kier alpha value is -4.67. The Morgan fingerprint density at radius 3 is 2.40 bits per heavy atom. The van der Waals surface area contributed by atoms with Crippen molar-refractivity contribution in [1.29, 1.82) is 0 Å². The molecule has 0 spiro atoms. The Bertz CT molecular complexity index is 1710. The molecule has 3 aromatic carbocycles. The third-order valence-corrected chi connectivity index (χ3v) is 8.91. The molecule has 4 aromatic rings. The number of rotatable bonds is 9. The largest absolute Gasteiger partial charge is 0.496 e. The summed E-state index contributed by atoms with van der Waals surface area (Å²) in [7, 11) is 5.18. The number of para-hydroxylation sites is 2. The van der Waals surface area contributed by atoms with E-state index in [0.717, 1.165) is 16.5 Å². The van der Waals surface area contributed by atoms with E-state index in [0.29, 0.717) is 37.5 Å². The number of aliphatic hydroxyl groups is 1. The SMILES string of the molecule is COc1ccccc1CN(C)C(=O)C(CN1Cc2ccccc2C1)NC(=O)C1CC(O)CN1C(=O)c1cn(C)c2ccccc12. The lowest BCUT2D eigenvalue weighted by atomic mass is 10.1. The molecule has 3 heterocycles. The predicted octanol–water partition coefficient (Wildman–Crippen LogP) is 2.92. The standard InChI is InChI=1S/C35H39N5O5/c1-37-21-28(27-13-7-8-14-30(27)37)34(43)40-20-26(41)16-31(40)33(42)36-29(22-39-18-23-10-4-5-11-24(23)19-39)35(44)38(2)17-25-12-6-9-15-32(25)45-3/h4-15,21,26,29,31,41H,16-20,22H2,1-3H3,(H,36,42). The Morgan fingerprint density at radius 2 is 1.67 bits per heavy atom. The van der Waals surface area contributed by atoms with Gasteiger partial charge in [-0.3, -0.25) is 19.3 Å². The van der Waals surface area contributed by atoms with Crippen LogP contribution in [0.25, 0.3) is 10.9 Å². The molecule has 3 amide bonds. The highest BCUT2D eigenvalue weighted by Crippen LogP contribution is 2.27. The van der Waals surface area contributed by atoms with Crippen LogP contribution in [-0.4, -0.2) is 87.5 Å². The summed E-state index contributed by atoms with van der Waals surface area (Å²) < 4.78 is 7.37. The molecule has 2 N–H and O–H groups in total. The summed E-state index contributed by atoms with van der Waals surface area (Å²) in [6, 6.07) is 21.5. The van der Waals surface area contributed by atoms with Crippen LogP contribution in [0.4, 0.5) is 0 Å². The molecule has 45 heavy (non-hydrogen) atoms. The minimum Gasteiger partial charge on any atom is -0.496 e. The summed E-state index contributed by atoms with van der Waals surface area (Å²) in [6.45, 7) is 1.96. The molecule has 10 heteroatoms. The van der Waals surface area contributed by atoms with Crippen LogP contribution in [0.5, 0.6) is 5.75 Å². The van der Waals surface area contributed by atoms with Crippen LogP contribution in [0.3, 0.4) is 0 Å². The van der Waals surface area contributed by atoms with Gasteiger partial charge in [0.05, 0.1) is 18.8 Å². The molecule has 10 nitrogen and oxygen atoms in total. The Morgan fingerprint density at radius 1 is 1.00 bits per heavy atom. The summed E-state index contributed by atoms with van der Waals surface area (Å²) in [5, 5.41) is 14.4. The Labute approximate surface area is 262 Å². The van der Waals surface area contributed by atoms with E-state index in [9.17, 15) is 19.5 Å². The monoisotopic (exact) mass is 609 g/mol. The van der Waals surface area contributed by atoms with Gasteiger partial charge in [0, 0.05) is 75.9 Å². The van der Waals surface area contributed by atoms with Crippen LogP contribution >= 0.6 is 0 Å². The van der Waals surface area contributed by atoms with Gasteiger partial charge in [0.15, 0.2) is 0 Å². The Balaban J connectivity index is 1.23. The first-order chi connectivity index (χ1) is 21.7. The van der Waals surface area contributed by atoms with Crippen molar-refractivity contribution < 1.29 is 24.2 Å². The van der Waals surface area contributed by atoms with Gasteiger partial charge in [-0.1, -0.05) is 60.7 Å². The quantitative estimate of drug-likeness (QED) is 0.302. The number of fused-ring (bicyclic) bond motifs is 2. The fourth-order valence-electron chi connectivity index (χ4n) is 6.63. The van der Waals surface area contributed by atoms with Crippen LogP contribution in [0.1, 0.15) is 33.5 Å². The van der Waals surface area contributed by atoms with Crippen molar-refractivity contribution in [3.63, 3.8) is 0 Å². The van der Waals surface area contributed by atoms with E-state index >= 15 is 0 Å². The van der Waals surface area contributed by atoms with Gasteiger partial charge in [-0.05, 0) is 23.3 Å². The topological polar surface area (TPSA) is 107 Å². The average Bonchev–Trinajstić information content (AvgIpc) is 3.74. The van der Waals surface area contributed by atoms with Crippen LogP contribution in [-0.2, 0) is 36.3 Å². The van der Waals surface area contributed by atoms with Crippen molar-refractivity contribution in [2.75, 3.05) is 27.2 Å². The first-order valence-electron chi connectivity index (χ1n) is 15.2. The molecule has 0 saturated carbocycles. The van der Waals surface area contributed by atoms with Crippen LogP contribution < -0.4 is 10.1 Å². The minimum absolute atomic E-state index is 0.0356. The number of hydrogen-bond acceptors (Lipinski definition) is 6. The third kappa shape index (κ3) is 6.16. The lowest BCUT2D eigenvalue weighted by molar-refractivity contribution is -0.137. The second kappa shape index (κ2) is 12.7. The van der Waals surface area contributed by atoms with E-state index in [-0.39, 0.29) is 24.8 Å². The fourth-order valence-corrected chi connectivity index (χ4v) is 6.63. The van der Waals surface area contributed by atoms with Crippen molar-refractivity contribution in [2.24, 2.45) is 7.05 Å². The van der Waals surface area contributed by atoms with Gasteiger partial charge < -0.3 is 29.5 Å². The maximum Gasteiger partial charge on any atom is 0.256 e. The lowest BCUT2D eigenvalue weighted by Crippen LogP contribution is -2.56. The number of likely N-dealkylation sites (N-methyl/N-ethyl adjacent to an activating group) is 1. The van der Waals surface area contributed by atoms with Gasteiger partial charge in [-0.25, -0.2) is 0 Å². The number of nitrogens with zero attached hydrogens (tertiary/aromatic N) is 4. The molecule has 3 unspecified atom stereocenters. The maximum absolute atomic E-state index is 14.0. The zero-order chi connectivity index (χ0) is 31.7. The normalized spacial score (nSPS) is 18.5. The molecular weight excluding hydrogens is 570 g/mol. The number of nitrogens with one attached hydrogen (secondary N) is 1. The van der Waals surface area contributed by atoms with Gasteiger partial charge in [0.1, 0.15) is 17.8 Å². The number of ether oxygens (including phenoxy) is 1. The number of β-amino-alcohol motifs (C(OH)–C–C–N with tert-alkyl or cyclic N) is 1. The Kier molecular flexibility index (Phi) is 8.60. The number of aryl methyl sites for hydroxylation is 1. The number of carbonyl (C=O) groups is 3. The second-order valence-corrected chi connectivity index (χ2v) is 12.0. The minimum atomic E-state index is -0.919. The summed E-state index contributed by atoms with van der Waals surface area (Å²) in [6.07, 6.45) is 1.00. The van der Waals surface area contributed by atoms with E-state index in [1.165, 1.54) is 16.0 Å². The number of benzene rings is 3. The third-order valence-electron chi connectivity index (χ3n) is 8.91. The maximum atomic E-state index is 14.0. The van der Waals surface area contributed by atoms with E-state index in [2.05, 4.69) is 22.3 Å². The molecule has 0 bridgehead atoms. The van der Waals surface area contributed by atoms with Crippen LogP contribution in [0.2, 0.25) is 0 Å². The first kappa shape index (κ1) is 30.4. The van der Waals surface area contributed by atoms with Crippen molar-refractivity contribution in [3.8, 4) is 5.75 Å².